The van der Waals surface area contributed by atoms with E-state index in [1.54, 1.807) is 19.2 Å². The standard InChI is InChI=1S/C41H46FN5O3/c1-41(33-15-16-33)26-46(37(39(49)43-2)23-28-11-14-29-7-3-4-8-30(29)21-28)19-20-47(41)40(50)36(22-27-12-17-34(42)18-13-27)45-38(48)35-24-31-9-5-6-10-32(31)25-44-35/h3-14,17-18,21,33,35-37,44H,15-16,19-20,22-26H2,1-2H3,(H,43,49)(H,45,48). The fraction of sp³-hybridized carbons (Fsp3) is 0.390. The maximum atomic E-state index is 14.7. The van der Waals surface area contributed by atoms with Crippen LogP contribution in [0.5, 0.6) is 0 Å². The van der Waals surface area contributed by atoms with Crippen LogP contribution >= 0.6 is 0 Å². The molecule has 0 radical (unpaired) electrons. The van der Waals surface area contributed by atoms with Gasteiger partial charge in [0.25, 0.3) is 0 Å². The monoisotopic (exact) mass is 675 g/mol. The van der Waals surface area contributed by atoms with E-state index in [9.17, 15) is 18.8 Å². The summed E-state index contributed by atoms with van der Waals surface area (Å²) < 4.78 is 13.8. The fourth-order valence-corrected chi connectivity index (χ4v) is 8.04. The first kappa shape index (κ1) is 33.9. The van der Waals surface area contributed by atoms with Gasteiger partial charge in [0.1, 0.15) is 11.9 Å². The Balaban J connectivity index is 1.12. The highest BCUT2D eigenvalue weighted by Crippen LogP contribution is 2.45. The van der Waals surface area contributed by atoms with Crippen molar-refractivity contribution in [1.82, 2.24) is 25.8 Å². The van der Waals surface area contributed by atoms with Crippen molar-refractivity contribution < 1.29 is 18.8 Å². The highest BCUT2D eigenvalue weighted by molar-refractivity contribution is 5.91. The molecule has 0 bridgehead atoms. The van der Waals surface area contributed by atoms with E-state index in [0.717, 1.165) is 40.3 Å². The summed E-state index contributed by atoms with van der Waals surface area (Å²) in [5.41, 5.74) is 3.63. The second-order valence-corrected chi connectivity index (χ2v) is 14.4. The Bertz CT molecular complexity index is 1880. The molecule has 0 spiro atoms. The molecule has 4 unspecified atom stereocenters. The Morgan fingerprint density at radius 1 is 0.880 bits per heavy atom. The van der Waals surface area contributed by atoms with Gasteiger partial charge in [0.2, 0.25) is 17.7 Å². The summed E-state index contributed by atoms with van der Waals surface area (Å²) in [5, 5.41) is 11.7. The molecule has 9 heteroatoms. The number of carbonyl (C=O) groups excluding carboxylic acids is 3. The molecule has 3 amide bonds. The van der Waals surface area contributed by atoms with E-state index in [0.29, 0.717) is 44.9 Å². The highest BCUT2D eigenvalue weighted by atomic mass is 19.1. The highest BCUT2D eigenvalue weighted by Gasteiger charge is 2.52. The van der Waals surface area contributed by atoms with Gasteiger partial charge in [-0.3, -0.25) is 19.3 Å². The van der Waals surface area contributed by atoms with Crippen molar-refractivity contribution in [2.75, 3.05) is 26.7 Å². The van der Waals surface area contributed by atoms with E-state index in [1.807, 2.05) is 35.2 Å². The van der Waals surface area contributed by atoms with Crippen LogP contribution in [-0.2, 0) is 40.2 Å². The van der Waals surface area contributed by atoms with Crippen LogP contribution in [0.25, 0.3) is 10.8 Å². The van der Waals surface area contributed by atoms with E-state index >= 15 is 0 Å². The lowest BCUT2D eigenvalue weighted by Crippen LogP contribution is -2.69. The number of hydrogen-bond donors (Lipinski definition) is 3. The third-order valence-electron chi connectivity index (χ3n) is 11.1. The van der Waals surface area contributed by atoms with Crippen LogP contribution in [0.2, 0.25) is 0 Å². The minimum atomic E-state index is -0.830. The first-order valence-corrected chi connectivity index (χ1v) is 17.8. The number of nitrogens with one attached hydrogen (secondary N) is 3. The van der Waals surface area contributed by atoms with Crippen LogP contribution < -0.4 is 16.0 Å². The zero-order valence-electron chi connectivity index (χ0n) is 28.8. The lowest BCUT2D eigenvalue weighted by Gasteiger charge is -2.52. The van der Waals surface area contributed by atoms with Crippen LogP contribution in [0, 0.1) is 11.7 Å². The Morgan fingerprint density at radius 2 is 1.58 bits per heavy atom. The molecule has 260 valence electrons. The Kier molecular flexibility index (Phi) is 9.71. The summed E-state index contributed by atoms with van der Waals surface area (Å²) in [5.74, 6) is -0.462. The molecule has 2 aliphatic heterocycles. The third kappa shape index (κ3) is 7.16. The molecule has 2 heterocycles. The SMILES string of the molecule is CNC(=O)C(Cc1ccc2ccccc2c1)N1CCN(C(=O)C(Cc2ccc(F)cc2)NC(=O)C2Cc3ccccc3CN2)C(C)(C2CC2)C1. The summed E-state index contributed by atoms with van der Waals surface area (Å²) in [6.45, 7) is 4.23. The van der Waals surface area contributed by atoms with Gasteiger partial charge in [-0.1, -0.05) is 78.9 Å². The van der Waals surface area contributed by atoms with Gasteiger partial charge in [0.15, 0.2) is 0 Å². The number of fused-ring (bicyclic) bond motifs is 2. The summed E-state index contributed by atoms with van der Waals surface area (Å²) in [6.07, 6.45) is 3.35. The summed E-state index contributed by atoms with van der Waals surface area (Å²) in [4.78, 5) is 46.2. The molecule has 4 aromatic carbocycles. The number of nitrogens with zero attached hydrogens (tertiary/aromatic N) is 2. The van der Waals surface area contributed by atoms with E-state index in [4.69, 9.17) is 0 Å². The summed E-state index contributed by atoms with van der Waals surface area (Å²) >= 11 is 0. The van der Waals surface area contributed by atoms with Crippen molar-refractivity contribution in [3.63, 3.8) is 0 Å². The Hall–Kier alpha value is -4.60. The van der Waals surface area contributed by atoms with Gasteiger partial charge in [0, 0.05) is 39.6 Å². The van der Waals surface area contributed by atoms with E-state index in [1.165, 1.54) is 17.7 Å². The first-order chi connectivity index (χ1) is 24.2. The topological polar surface area (TPSA) is 93.8 Å². The number of carbonyl (C=O) groups is 3. The number of piperazine rings is 1. The van der Waals surface area contributed by atoms with Crippen LogP contribution in [0.4, 0.5) is 4.39 Å². The van der Waals surface area contributed by atoms with Gasteiger partial charge in [-0.25, -0.2) is 4.39 Å². The molecule has 3 aliphatic rings. The quantitative estimate of drug-likeness (QED) is 0.232. The molecule has 8 nitrogen and oxygen atoms in total. The van der Waals surface area contributed by atoms with Crippen LogP contribution in [0.3, 0.4) is 0 Å². The Labute approximate surface area is 293 Å². The molecule has 3 N–H and O–H groups in total. The zero-order chi connectivity index (χ0) is 34.8. The Morgan fingerprint density at radius 3 is 2.32 bits per heavy atom. The molecule has 0 aromatic heterocycles. The summed E-state index contributed by atoms with van der Waals surface area (Å²) in [6, 6.07) is 27.1. The molecular formula is C41H46FN5O3. The normalized spacial score (nSPS) is 22.0. The van der Waals surface area contributed by atoms with Gasteiger partial charge in [-0.2, -0.15) is 0 Å². The zero-order valence-corrected chi connectivity index (χ0v) is 28.8. The maximum absolute atomic E-state index is 14.7. The molecule has 7 rings (SSSR count). The lowest BCUT2D eigenvalue weighted by molar-refractivity contribution is -0.149. The molecule has 2 fully saturated rings. The number of benzene rings is 4. The van der Waals surface area contributed by atoms with Crippen LogP contribution in [-0.4, -0.2) is 77.9 Å². The number of rotatable bonds is 10. The average Bonchev–Trinajstić information content (AvgIpc) is 4.00. The van der Waals surface area contributed by atoms with E-state index in [-0.39, 0.29) is 30.0 Å². The number of halogens is 1. The molecule has 1 aliphatic carbocycles. The second kappa shape index (κ2) is 14.3. The van der Waals surface area contributed by atoms with Crippen molar-refractivity contribution in [1.29, 1.82) is 0 Å². The number of amides is 3. The van der Waals surface area contributed by atoms with Crippen molar-refractivity contribution in [2.45, 2.75) is 69.2 Å². The summed E-state index contributed by atoms with van der Waals surface area (Å²) in [7, 11) is 1.68. The van der Waals surface area contributed by atoms with Crippen molar-refractivity contribution in [3.05, 3.63) is 119 Å². The van der Waals surface area contributed by atoms with Gasteiger partial charge >= 0.3 is 0 Å². The molecule has 4 atom stereocenters. The van der Waals surface area contributed by atoms with Crippen molar-refractivity contribution in [3.8, 4) is 0 Å². The molecule has 1 saturated heterocycles. The molecule has 1 saturated carbocycles. The molecular weight excluding hydrogens is 629 g/mol. The fourth-order valence-electron chi connectivity index (χ4n) is 8.04. The first-order valence-electron chi connectivity index (χ1n) is 17.8. The smallest absolute Gasteiger partial charge is 0.246 e. The molecule has 4 aromatic rings. The largest absolute Gasteiger partial charge is 0.358 e. The minimum absolute atomic E-state index is 0.0425. The molecule has 50 heavy (non-hydrogen) atoms. The predicted octanol–water partition coefficient (Wildman–Crippen LogP) is 4.39. The minimum Gasteiger partial charge on any atom is -0.358 e. The van der Waals surface area contributed by atoms with Gasteiger partial charge in [0.05, 0.1) is 17.6 Å². The predicted molar refractivity (Wildman–Crippen MR) is 193 cm³/mol. The third-order valence-corrected chi connectivity index (χ3v) is 11.1. The van der Waals surface area contributed by atoms with Gasteiger partial charge < -0.3 is 20.9 Å². The van der Waals surface area contributed by atoms with Gasteiger partial charge in [-0.15, -0.1) is 0 Å². The van der Waals surface area contributed by atoms with Crippen LogP contribution in [0.1, 0.15) is 42.0 Å². The second-order valence-electron chi connectivity index (χ2n) is 14.4. The van der Waals surface area contributed by atoms with Crippen molar-refractivity contribution >= 4 is 28.5 Å². The van der Waals surface area contributed by atoms with E-state index < -0.39 is 23.7 Å². The van der Waals surface area contributed by atoms with Gasteiger partial charge in [-0.05, 0) is 83.7 Å². The van der Waals surface area contributed by atoms with E-state index in [2.05, 4.69) is 64.2 Å². The van der Waals surface area contributed by atoms with Crippen LogP contribution in [0.15, 0.2) is 91.0 Å². The maximum Gasteiger partial charge on any atom is 0.246 e. The number of hydrogen-bond acceptors (Lipinski definition) is 5. The number of likely N-dealkylation sites (N-methyl/N-ethyl adjacent to an activating group) is 1. The average molecular weight is 676 g/mol. The van der Waals surface area contributed by atoms with Crippen molar-refractivity contribution in [2.24, 2.45) is 5.92 Å². The lowest BCUT2D eigenvalue weighted by atomic mass is 9.87.